The van der Waals surface area contributed by atoms with E-state index in [2.05, 4.69) is 15.3 Å². The Hall–Kier alpha value is -1.75. The largest absolute Gasteiger partial charge is 0.373 e. The van der Waals surface area contributed by atoms with E-state index in [1.807, 2.05) is 32.2 Å². The summed E-state index contributed by atoms with van der Waals surface area (Å²) in [5.74, 6) is 0. The van der Waals surface area contributed by atoms with Gasteiger partial charge in [0, 0.05) is 31.9 Å². The number of aryl methyl sites for hydroxylation is 3. The van der Waals surface area contributed by atoms with Crippen molar-refractivity contribution in [1.82, 2.24) is 29.2 Å². The smallest absolute Gasteiger partial charge is 0.247 e. The number of H-pyrrole nitrogens is 1. The van der Waals surface area contributed by atoms with E-state index < -0.39 is 16.1 Å². The van der Waals surface area contributed by atoms with Crippen LogP contribution < -0.4 is 0 Å². The predicted molar refractivity (Wildman–Crippen MR) is 96.2 cm³/mol. The van der Waals surface area contributed by atoms with Crippen molar-refractivity contribution in [3.05, 3.63) is 29.3 Å². The number of sulfonamides is 1. The van der Waals surface area contributed by atoms with Gasteiger partial charge in [-0.25, -0.2) is 8.42 Å². The van der Waals surface area contributed by atoms with Gasteiger partial charge < -0.3 is 9.64 Å². The van der Waals surface area contributed by atoms with Gasteiger partial charge in [0.05, 0.1) is 36.3 Å². The normalized spacial score (nSPS) is 22.2. The van der Waals surface area contributed by atoms with E-state index in [0.29, 0.717) is 24.5 Å². The van der Waals surface area contributed by atoms with Crippen LogP contribution in [0.4, 0.5) is 0 Å². The maximum absolute atomic E-state index is 13.5. The van der Waals surface area contributed by atoms with Crippen LogP contribution in [0.25, 0.3) is 0 Å². The lowest BCUT2D eigenvalue weighted by atomic mass is 10.0. The third-order valence-corrected chi connectivity index (χ3v) is 6.69. The first-order chi connectivity index (χ1) is 12.2. The van der Waals surface area contributed by atoms with Gasteiger partial charge in [-0.05, 0) is 27.9 Å². The molecule has 1 aliphatic rings. The van der Waals surface area contributed by atoms with Gasteiger partial charge in [0.2, 0.25) is 10.0 Å². The van der Waals surface area contributed by atoms with Crippen LogP contribution in [0.2, 0.25) is 0 Å². The SMILES string of the molecule is Cc1n[nH]c(C)c1S(=O)(=O)N1CCO[C@@H](CN(C)C)[C@@H]1c1cnn(C)c1. The fourth-order valence-corrected chi connectivity index (χ4v) is 5.46. The van der Waals surface area contributed by atoms with E-state index in [1.54, 1.807) is 24.7 Å². The number of nitrogens with zero attached hydrogens (tertiary/aromatic N) is 5. The first-order valence-electron chi connectivity index (χ1n) is 8.50. The van der Waals surface area contributed by atoms with E-state index in [1.165, 1.54) is 4.31 Å². The number of nitrogens with one attached hydrogen (secondary N) is 1. The third kappa shape index (κ3) is 3.41. The first-order valence-corrected chi connectivity index (χ1v) is 9.94. The van der Waals surface area contributed by atoms with Gasteiger partial charge in [0.15, 0.2) is 0 Å². The lowest BCUT2D eigenvalue weighted by molar-refractivity contribution is -0.0515. The molecule has 0 aromatic carbocycles. The Bertz CT molecular complexity index is 853. The molecule has 26 heavy (non-hydrogen) atoms. The van der Waals surface area contributed by atoms with Crippen molar-refractivity contribution in [2.45, 2.75) is 30.9 Å². The molecular formula is C16H26N6O3S. The molecule has 0 unspecified atom stereocenters. The Morgan fingerprint density at radius 2 is 2.12 bits per heavy atom. The highest BCUT2D eigenvalue weighted by Gasteiger charge is 2.43. The highest BCUT2D eigenvalue weighted by atomic mass is 32.2. The molecule has 2 atom stereocenters. The molecule has 0 bridgehead atoms. The molecule has 0 saturated carbocycles. The summed E-state index contributed by atoms with van der Waals surface area (Å²) in [6.45, 7) is 4.67. The second kappa shape index (κ2) is 7.10. The molecule has 1 fully saturated rings. The third-order valence-electron chi connectivity index (χ3n) is 4.54. The molecule has 3 rings (SSSR count). The van der Waals surface area contributed by atoms with Crippen LogP contribution in [0.15, 0.2) is 17.3 Å². The second-order valence-corrected chi connectivity index (χ2v) is 8.77. The summed E-state index contributed by atoms with van der Waals surface area (Å²) in [5.41, 5.74) is 1.84. The molecule has 2 aromatic rings. The van der Waals surface area contributed by atoms with Crippen molar-refractivity contribution in [3.63, 3.8) is 0 Å². The summed E-state index contributed by atoms with van der Waals surface area (Å²) in [6.07, 6.45) is 3.27. The Morgan fingerprint density at radius 1 is 1.38 bits per heavy atom. The minimum atomic E-state index is -3.73. The second-order valence-electron chi connectivity index (χ2n) is 6.94. The predicted octanol–water partition coefficient (Wildman–Crippen LogP) is 0.452. The molecule has 0 amide bonds. The van der Waals surface area contributed by atoms with Gasteiger partial charge in [0.25, 0.3) is 0 Å². The van der Waals surface area contributed by atoms with Crippen LogP contribution in [0.5, 0.6) is 0 Å². The molecule has 144 valence electrons. The van der Waals surface area contributed by atoms with Crippen LogP contribution >= 0.6 is 0 Å². The van der Waals surface area contributed by atoms with Gasteiger partial charge in [0.1, 0.15) is 4.90 Å². The van der Waals surface area contributed by atoms with Crippen LogP contribution in [0.3, 0.4) is 0 Å². The molecule has 10 heteroatoms. The van der Waals surface area contributed by atoms with Crippen molar-refractivity contribution in [3.8, 4) is 0 Å². The zero-order chi connectivity index (χ0) is 19.1. The van der Waals surface area contributed by atoms with E-state index in [0.717, 1.165) is 5.56 Å². The quantitative estimate of drug-likeness (QED) is 0.807. The lowest BCUT2D eigenvalue weighted by Gasteiger charge is -2.40. The minimum absolute atomic E-state index is 0.247. The molecular weight excluding hydrogens is 356 g/mol. The van der Waals surface area contributed by atoms with Crippen molar-refractivity contribution in [2.75, 3.05) is 33.8 Å². The van der Waals surface area contributed by atoms with Crippen LogP contribution in [0.1, 0.15) is 23.0 Å². The van der Waals surface area contributed by atoms with Crippen molar-refractivity contribution >= 4 is 10.0 Å². The Balaban J connectivity index is 2.08. The van der Waals surface area contributed by atoms with E-state index in [-0.39, 0.29) is 17.5 Å². The Labute approximate surface area is 154 Å². The molecule has 0 aliphatic carbocycles. The fraction of sp³-hybridized carbons (Fsp3) is 0.625. The molecule has 0 radical (unpaired) electrons. The molecule has 9 nitrogen and oxygen atoms in total. The maximum atomic E-state index is 13.5. The number of aromatic amines is 1. The van der Waals surface area contributed by atoms with Gasteiger partial charge in [-0.15, -0.1) is 0 Å². The summed E-state index contributed by atoms with van der Waals surface area (Å²) < 4.78 is 36.1. The summed E-state index contributed by atoms with van der Waals surface area (Å²) in [6, 6.07) is -0.446. The molecule has 3 heterocycles. The number of hydrogen-bond acceptors (Lipinski definition) is 6. The average molecular weight is 382 g/mol. The first kappa shape index (κ1) is 19.0. The molecule has 0 spiro atoms. The average Bonchev–Trinajstić information content (AvgIpc) is 3.12. The number of morpholine rings is 1. The summed E-state index contributed by atoms with van der Waals surface area (Å²) >= 11 is 0. The lowest BCUT2D eigenvalue weighted by Crippen LogP contribution is -2.51. The van der Waals surface area contributed by atoms with E-state index in [4.69, 9.17) is 4.74 Å². The van der Waals surface area contributed by atoms with E-state index >= 15 is 0 Å². The number of hydrogen-bond donors (Lipinski definition) is 1. The van der Waals surface area contributed by atoms with E-state index in [9.17, 15) is 8.42 Å². The Kier molecular flexibility index (Phi) is 5.20. The molecule has 1 N–H and O–H groups in total. The minimum Gasteiger partial charge on any atom is -0.373 e. The van der Waals surface area contributed by atoms with Crippen molar-refractivity contribution in [1.29, 1.82) is 0 Å². The van der Waals surface area contributed by atoms with Gasteiger partial charge in [-0.3, -0.25) is 9.78 Å². The fourth-order valence-electron chi connectivity index (χ4n) is 3.50. The molecule has 2 aromatic heterocycles. The summed E-state index contributed by atoms with van der Waals surface area (Å²) in [4.78, 5) is 2.25. The summed E-state index contributed by atoms with van der Waals surface area (Å²) in [5, 5.41) is 11.1. The highest BCUT2D eigenvalue weighted by Crippen LogP contribution is 2.35. The van der Waals surface area contributed by atoms with Gasteiger partial charge in [-0.1, -0.05) is 0 Å². The van der Waals surface area contributed by atoms with Crippen molar-refractivity contribution in [2.24, 2.45) is 7.05 Å². The summed E-state index contributed by atoms with van der Waals surface area (Å²) in [7, 11) is 1.98. The number of ether oxygens (including phenoxy) is 1. The standard InChI is InChI=1S/C16H26N6O3S/c1-11-16(12(2)19-18-11)26(23,24)22-6-7-25-14(10-20(3)4)15(22)13-8-17-21(5)9-13/h8-9,14-15H,6-7,10H2,1-5H3,(H,18,19)/t14-,15-/m0/s1. The monoisotopic (exact) mass is 382 g/mol. The van der Waals surface area contributed by atoms with Crippen LogP contribution in [-0.4, -0.2) is 77.5 Å². The zero-order valence-electron chi connectivity index (χ0n) is 15.8. The molecule has 1 saturated heterocycles. The molecule has 1 aliphatic heterocycles. The highest BCUT2D eigenvalue weighted by molar-refractivity contribution is 7.89. The Morgan fingerprint density at radius 3 is 2.65 bits per heavy atom. The topological polar surface area (TPSA) is 96.3 Å². The van der Waals surface area contributed by atoms with Crippen LogP contribution in [0, 0.1) is 13.8 Å². The maximum Gasteiger partial charge on any atom is 0.247 e. The number of rotatable bonds is 5. The number of likely N-dealkylation sites (N-methyl/N-ethyl adjacent to an activating group) is 1. The number of aromatic nitrogens is 4. The van der Waals surface area contributed by atoms with Gasteiger partial charge in [-0.2, -0.15) is 14.5 Å². The zero-order valence-corrected chi connectivity index (χ0v) is 16.6. The van der Waals surface area contributed by atoms with Crippen LogP contribution in [-0.2, 0) is 21.8 Å². The van der Waals surface area contributed by atoms with Crippen molar-refractivity contribution < 1.29 is 13.2 Å². The van der Waals surface area contributed by atoms with Gasteiger partial charge >= 0.3 is 0 Å².